The summed E-state index contributed by atoms with van der Waals surface area (Å²) in [5, 5.41) is 5.03. The Bertz CT molecular complexity index is 1350. The molecule has 0 heterocycles. The number of carbonyl (C=O) groups excluding carboxylic acids is 3. The molecule has 2 N–H and O–H groups in total. The minimum Gasteiger partial charge on any atom is -0.496 e. The van der Waals surface area contributed by atoms with Gasteiger partial charge in [0.1, 0.15) is 17.9 Å². The SMILES string of the molecule is COc1cc(F)c(OC2CCC(C=O)CC2)cc1C(=O)NC1=C(C(=O)Nc2ccc(F)c(C(F)(F)F)c2)CCCC1. The van der Waals surface area contributed by atoms with Gasteiger partial charge in [-0.2, -0.15) is 13.2 Å². The quantitative estimate of drug-likeness (QED) is 0.281. The maximum Gasteiger partial charge on any atom is 0.419 e. The van der Waals surface area contributed by atoms with E-state index >= 15 is 0 Å². The van der Waals surface area contributed by atoms with Crippen LogP contribution in [0.15, 0.2) is 41.6 Å². The Labute approximate surface area is 233 Å². The number of aldehydes is 1. The van der Waals surface area contributed by atoms with Crippen LogP contribution in [0.25, 0.3) is 0 Å². The highest BCUT2D eigenvalue weighted by Gasteiger charge is 2.34. The van der Waals surface area contributed by atoms with Crippen LogP contribution < -0.4 is 20.1 Å². The van der Waals surface area contributed by atoms with E-state index in [1.54, 1.807) is 0 Å². The molecule has 2 aromatic rings. The van der Waals surface area contributed by atoms with Crippen molar-refractivity contribution in [3.63, 3.8) is 0 Å². The molecule has 0 radical (unpaired) electrons. The largest absolute Gasteiger partial charge is 0.496 e. The first-order chi connectivity index (χ1) is 19.5. The standard InChI is InChI=1S/C29H29F5N2O5/c1-40-25-14-23(31)26(41-18-9-6-16(15-37)7-10-18)13-20(25)28(39)36-24-5-3-2-4-19(24)27(38)35-17-8-11-22(30)21(12-17)29(32,33)34/h8,11-16,18H,2-7,9-10H2,1H3,(H,35,38)(H,36,39). The lowest BCUT2D eigenvalue weighted by Crippen LogP contribution is -2.30. The van der Waals surface area contributed by atoms with Crippen molar-refractivity contribution in [2.45, 2.75) is 63.6 Å². The van der Waals surface area contributed by atoms with Crippen molar-refractivity contribution >= 4 is 23.8 Å². The first kappa shape index (κ1) is 30.0. The van der Waals surface area contributed by atoms with Crippen molar-refractivity contribution in [1.82, 2.24) is 5.32 Å². The van der Waals surface area contributed by atoms with Gasteiger partial charge in [0.25, 0.3) is 11.8 Å². The van der Waals surface area contributed by atoms with Crippen molar-refractivity contribution < 1.29 is 45.8 Å². The van der Waals surface area contributed by atoms with E-state index in [4.69, 9.17) is 9.47 Å². The van der Waals surface area contributed by atoms with Gasteiger partial charge in [-0.3, -0.25) is 9.59 Å². The molecule has 0 aliphatic heterocycles. The van der Waals surface area contributed by atoms with Crippen LogP contribution in [0.1, 0.15) is 67.3 Å². The number of hydrogen-bond acceptors (Lipinski definition) is 5. The number of halogens is 5. The van der Waals surface area contributed by atoms with Gasteiger partial charge in [0.05, 0.1) is 24.3 Å². The predicted molar refractivity (Wildman–Crippen MR) is 138 cm³/mol. The van der Waals surface area contributed by atoms with Crippen LogP contribution in [-0.4, -0.2) is 31.3 Å². The lowest BCUT2D eigenvalue weighted by Gasteiger charge is -2.26. The normalized spacial score (nSPS) is 19.4. The minimum atomic E-state index is -4.94. The van der Waals surface area contributed by atoms with Gasteiger partial charge >= 0.3 is 6.18 Å². The molecule has 7 nitrogen and oxygen atoms in total. The maximum atomic E-state index is 14.8. The van der Waals surface area contributed by atoms with E-state index in [-0.39, 0.29) is 52.5 Å². The molecule has 1 fully saturated rings. The third-order valence-corrected chi connectivity index (χ3v) is 7.24. The second kappa shape index (κ2) is 12.7. The monoisotopic (exact) mass is 580 g/mol. The molecule has 2 aliphatic carbocycles. The van der Waals surface area contributed by atoms with Gasteiger partial charge in [0.15, 0.2) is 11.6 Å². The van der Waals surface area contributed by atoms with Gasteiger partial charge in [0, 0.05) is 28.9 Å². The molecule has 0 saturated heterocycles. The van der Waals surface area contributed by atoms with Crippen molar-refractivity contribution in [2.75, 3.05) is 12.4 Å². The Morgan fingerprint density at radius 2 is 1.61 bits per heavy atom. The van der Waals surface area contributed by atoms with Crippen LogP contribution in [0.3, 0.4) is 0 Å². The molecular weight excluding hydrogens is 551 g/mol. The summed E-state index contributed by atoms with van der Waals surface area (Å²) in [6.45, 7) is 0. The lowest BCUT2D eigenvalue weighted by molar-refractivity contribution is -0.140. The van der Waals surface area contributed by atoms with Crippen LogP contribution in [0.2, 0.25) is 0 Å². The molecular formula is C29H29F5N2O5. The van der Waals surface area contributed by atoms with Crippen molar-refractivity contribution in [2.24, 2.45) is 5.92 Å². The summed E-state index contributed by atoms with van der Waals surface area (Å²) in [6.07, 6.45) is -0.234. The third-order valence-electron chi connectivity index (χ3n) is 7.24. The molecule has 0 aromatic heterocycles. The topological polar surface area (TPSA) is 93.7 Å². The fraction of sp³-hybridized carbons (Fsp3) is 0.414. The van der Waals surface area contributed by atoms with Gasteiger partial charge in [-0.05, 0) is 75.6 Å². The van der Waals surface area contributed by atoms with E-state index in [9.17, 15) is 36.3 Å². The summed E-state index contributed by atoms with van der Waals surface area (Å²) in [5.74, 6) is -3.90. The highest BCUT2D eigenvalue weighted by molar-refractivity contribution is 6.05. The third kappa shape index (κ3) is 7.22. The molecule has 2 aliphatic rings. The number of allylic oxidation sites excluding steroid dienone is 1. The van der Waals surface area contributed by atoms with E-state index in [1.807, 2.05) is 0 Å². The molecule has 4 rings (SSSR count). The number of anilines is 1. The van der Waals surface area contributed by atoms with Crippen LogP contribution in [-0.2, 0) is 15.8 Å². The van der Waals surface area contributed by atoms with Gasteiger partial charge in [-0.15, -0.1) is 0 Å². The lowest BCUT2D eigenvalue weighted by atomic mass is 9.88. The average molecular weight is 581 g/mol. The zero-order valence-electron chi connectivity index (χ0n) is 22.2. The minimum absolute atomic E-state index is 0.0448. The average Bonchev–Trinajstić information content (AvgIpc) is 2.94. The second-order valence-electron chi connectivity index (χ2n) is 10.0. The smallest absolute Gasteiger partial charge is 0.419 e. The van der Waals surface area contributed by atoms with Gasteiger partial charge in [-0.1, -0.05) is 0 Å². The van der Waals surface area contributed by atoms with E-state index in [2.05, 4.69) is 10.6 Å². The number of alkyl halides is 3. The number of carbonyl (C=O) groups is 3. The van der Waals surface area contributed by atoms with Gasteiger partial charge in [-0.25, -0.2) is 8.78 Å². The van der Waals surface area contributed by atoms with Crippen LogP contribution >= 0.6 is 0 Å². The molecule has 2 aromatic carbocycles. The maximum absolute atomic E-state index is 14.8. The number of benzene rings is 2. The zero-order chi connectivity index (χ0) is 29.7. The first-order valence-corrected chi connectivity index (χ1v) is 13.2. The number of rotatable bonds is 8. The summed E-state index contributed by atoms with van der Waals surface area (Å²) in [5.41, 5.74) is -1.39. The fourth-order valence-electron chi connectivity index (χ4n) is 5.02. The van der Waals surface area contributed by atoms with Crippen molar-refractivity contribution in [1.29, 1.82) is 0 Å². The van der Waals surface area contributed by atoms with E-state index in [0.29, 0.717) is 57.1 Å². The Kier molecular flexibility index (Phi) is 9.29. The number of nitrogens with one attached hydrogen (secondary N) is 2. The van der Waals surface area contributed by atoms with Crippen LogP contribution in [0.5, 0.6) is 11.5 Å². The van der Waals surface area contributed by atoms with Gasteiger partial charge in [0.2, 0.25) is 0 Å². The van der Waals surface area contributed by atoms with Crippen molar-refractivity contribution in [3.05, 3.63) is 64.4 Å². The number of amides is 2. The molecule has 0 bridgehead atoms. The molecule has 0 spiro atoms. The van der Waals surface area contributed by atoms with Gasteiger partial charge < -0.3 is 24.9 Å². The summed E-state index contributed by atoms with van der Waals surface area (Å²) in [4.78, 5) is 37.3. The molecule has 0 atom stereocenters. The molecule has 2 amide bonds. The summed E-state index contributed by atoms with van der Waals surface area (Å²) < 4.78 is 78.8. The summed E-state index contributed by atoms with van der Waals surface area (Å²) in [7, 11) is 1.27. The second-order valence-corrected chi connectivity index (χ2v) is 10.0. The predicted octanol–water partition coefficient (Wildman–Crippen LogP) is 6.33. The van der Waals surface area contributed by atoms with Crippen molar-refractivity contribution in [3.8, 4) is 11.5 Å². The van der Waals surface area contributed by atoms with E-state index in [1.165, 1.54) is 13.2 Å². The Hall–Kier alpha value is -3.96. The summed E-state index contributed by atoms with van der Waals surface area (Å²) in [6, 6.07) is 4.38. The van der Waals surface area contributed by atoms with E-state index in [0.717, 1.165) is 18.4 Å². The summed E-state index contributed by atoms with van der Waals surface area (Å²) >= 11 is 0. The molecule has 41 heavy (non-hydrogen) atoms. The zero-order valence-corrected chi connectivity index (χ0v) is 22.2. The number of hydrogen-bond donors (Lipinski definition) is 2. The highest BCUT2D eigenvalue weighted by atomic mass is 19.4. The molecule has 1 saturated carbocycles. The van der Waals surface area contributed by atoms with Crippen LogP contribution in [0, 0.1) is 17.6 Å². The molecule has 12 heteroatoms. The van der Waals surface area contributed by atoms with Crippen LogP contribution in [0.4, 0.5) is 27.6 Å². The van der Waals surface area contributed by atoms with E-state index < -0.39 is 35.2 Å². The Morgan fingerprint density at radius 3 is 2.27 bits per heavy atom. The first-order valence-electron chi connectivity index (χ1n) is 13.2. The number of ether oxygens (including phenoxy) is 2. The molecule has 220 valence electrons. The Balaban J connectivity index is 1.54. The Morgan fingerprint density at radius 1 is 0.902 bits per heavy atom. The highest BCUT2D eigenvalue weighted by Crippen LogP contribution is 2.35. The molecule has 0 unspecified atom stereocenters. The fourth-order valence-corrected chi connectivity index (χ4v) is 5.02. The number of methoxy groups -OCH3 is 1.